The fourth-order valence-corrected chi connectivity index (χ4v) is 1.73. The molecule has 2 N–H and O–H groups in total. The summed E-state index contributed by atoms with van der Waals surface area (Å²) < 4.78 is 1.61. The third-order valence-corrected chi connectivity index (χ3v) is 2.79. The number of carbonyl (C=O) groups is 1. The molecule has 1 aromatic heterocycles. The van der Waals surface area contributed by atoms with E-state index in [-0.39, 0.29) is 5.56 Å². The van der Waals surface area contributed by atoms with Crippen LogP contribution in [-0.4, -0.2) is 27.4 Å². The molecule has 0 amide bonds. The molecule has 0 aliphatic rings. The third kappa shape index (κ3) is 4.19. The molecule has 0 unspecified atom stereocenters. The first-order valence-corrected chi connectivity index (χ1v) is 6.11. The van der Waals surface area contributed by atoms with Gasteiger partial charge in [-0.2, -0.15) is 5.10 Å². The second-order valence-electron chi connectivity index (χ2n) is 4.17. The molecule has 0 aromatic carbocycles. The summed E-state index contributed by atoms with van der Waals surface area (Å²) in [7, 11) is 1.76. The molecule has 0 aliphatic carbocycles. The summed E-state index contributed by atoms with van der Waals surface area (Å²) in [6.07, 6.45) is 6.24. The maximum absolute atomic E-state index is 10.9. The number of hydrogen-bond acceptors (Lipinski definition) is 3. The number of aryl methyl sites for hydroxylation is 1. The van der Waals surface area contributed by atoms with Crippen molar-refractivity contribution in [1.29, 1.82) is 0 Å². The first-order valence-electron chi connectivity index (χ1n) is 6.11. The highest BCUT2D eigenvalue weighted by atomic mass is 16.4. The molecule has 0 aliphatic heterocycles. The zero-order valence-electron chi connectivity index (χ0n) is 10.6. The lowest BCUT2D eigenvalue weighted by Gasteiger charge is -2.06. The largest absolute Gasteiger partial charge is 0.478 e. The molecule has 0 fully saturated rings. The SMILES string of the molecule is CCCCCCNCc1c(C(=O)O)cnn1C. The van der Waals surface area contributed by atoms with Gasteiger partial charge in [-0.25, -0.2) is 4.79 Å². The smallest absolute Gasteiger partial charge is 0.339 e. The number of carboxylic acid groups (broad SMARTS) is 1. The van der Waals surface area contributed by atoms with Crippen molar-refractivity contribution in [3.8, 4) is 0 Å². The molecule has 0 radical (unpaired) electrons. The molecule has 5 nitrogen and oxygen atoms in total. The summed E-state index contributed by atoms with van der Waals surface area (Å²) in [5, 5.41) is 16.2. The van der Waals surface area contributed by atoms with Gasteiger partial charge in [-0.1, -0.05) is 26.2 Å². The Balaban J connectivity index is 2.36. The van der Waals surface area contributed by atoms with E-state index in [1.165, 1.54) is 25.5 Å². The number of nitrogens with one attached hydrogen (secondary N) is 1. The Hall–Kier alpha value is -1.36. The number of nitrogens with zero attached hydrogens (tertiary/aromatic N) is 2. The van der Waals surface area contributed by atoms with Crippen LogP contribution in [-0.2, 0) is 13.6 Å². The van der Waals surface area contributed by atoms with Gasteiger partial charge in [0.05, 0.1) is 11.9 Å². The van der Waals surface area contributed by atoms with Crippen molar-refractivity contribution in [2.24, 2.45) is 7.05 Å². The Kier molecular flexibility index (Phi) is 5.69. The molecule has 1 rings (SSSR count). The van der Waals surface area contributed by atoms with Gasteiger partial charge in [0, 0.05) is 13.6 Å². The molecule has 1 heterocycles. The van der Waals surface area contributed by atoms with E-state index in [2.05, 4.69) is 17.3 Å². The second-order valence-corrected chi connectivity index (χ2v) is 4.17. The van der Waals surface area contributed by atoms with E-state index in [9.17, 15) is 4.79 Å². The van der Waals surface area contributed by atoms with Crippen LogP contribution in [0.3, 0.4) is 0 Å². The van der Waals surface area contributed by atoms with Crippen molar-refractivity contribution < 1.29 is 9.90 Å². The quantitative estimate of drug-likeness (QED) is 0.679. The zero-order chi connectivity index (χ0) is 12.7. The van der Waals surface area contributed by atoms with Crippen LogP contribution in [0.25, 0.3) is 0 Å². The molecule has 5 heteroatoms. The average molecular weight is 239 g/mol. The molecular weight excluding hydrogens is 218 g/mol. The molecule has 0 atom stereocenters. The van der Waals surface area contributed by atoms with Crippen molar-refractivity contribution >= 4 is 5.97 Å². The molecule has 0 spiro atoms. The van der Waals surface area contributed by atoms with Gasteiger partial charge < -0.3 is 10.4 Å². The highest BCUT2D eigenvalue weighted by molar-refractivity contribution is 5.88. The van der Waals surface area contributed by atoms with E-state index in [1.807, 2.05) is 0 Å². The molecule has 1 aromatic rings. The molecule has 0 bridgehead atoms. The lowest BCUT2D eigenvalue weighted by molar-refractivity contribution is 0.0695. The highest BCUT2D eigenvalue weighted by Gasteiger charge is 2.13. The van der Waals surface area contributed by atoms with E-state index in [4.69, 9.17) is 5.11 Å². The number of rotatable bonds is 8. The Morgan fingerprint density at radius 2 is 2.24 bits per heavy atom. The average Bonchev–Trinajstić information content (AvgIpc) is 2.65. The van der Waals surface area contributed by atoms with Crippen LogP contribution in [0.1, 0.15) is 48.7 Å². The van der Waals surface area contributed by atoms with Gasteiger partial charge in [0.25, 0.3) is 0 Å². The van der Waals surface area contributed by atoms with E-state index in [0.717, 1.165) is 18.7 Å². The van der Waals surface area contributed by atoms with Crippen LogP contribution in [0, 0.1) is 0 Å². The summed E-state index contributed by atoms with van der Waals surface area (Å²) in [5.74, 6) is -0.916. The van der Waals surface area contributed by atoms with Crippen LogP contribution in [0.5, 0.6) is 0 Å². The van der Waals surface area contributed by atoms with Gasteiger partial charge in [0.1, 0.15) is 5.56 Å². The predicted molar refractivity (Wildman–Crippen MR) is 66.0 cm³/mol. The summed E-state index contributed by atoms with van der Waals surface area (Å²) in [5.41, 5.74) is 1.02. The van der Waals surface area contributed by atoms with Crippen molar-refractivity contribution in [1.82, 2.24) is 15.1 Å². The summed E-state index contributed by atoms with van der Waals surface area (Å²) >= 11 is 0. The Bertz CT molecular complexity index is 361. The first kappa shape index (κ1) is 13.7. The zero-order valence-corrected chi connectivity index (χ0v) is 10.6. The number of aromatic nitrogens is 2. The normalized spacial score (nSPS) is 10.7. The Labute approximate surface area is 102 Å². The lowest BCUT2D eigenvalue weighted by Crippen LogP contribution is -2.19. The highest BCUT2D eigenvalue weighted by Crippen LogP contribution is 2.07. The minimum atomic E-state index is -0.916. The van der Waals surface area contributed by atoms with E-state index in [0.29, 0.717) is 6.54 Å². The third-order valence-electron chi connectivity index (χ3n) is 2.79. The predicted octanol–water partition coefficient (Wildman–Crippen LogP) is 1.79. The van der Waals surface area contributed by atoms with Crippen LogP contribution < -0.4 is 5.32 Å². The van der Waals surface area contributed by atoms with E-state index >= 15 is 0 Å². The topological polar surface area (TPSA) is 67.2 Å². The van der Waals surface area contributed by atoms with Gasteiger partial charge in [0.2, 0.25) is 0 Å². The molecule has 96 valence electrons. The summed E-state index contributed by atoms with van der Waals surface area (Å²) in [6.45, 7) is 3.66. The van der Waals surface area contributed by atoms with Gasteiger partial charge in [0.15, 0.2) is 0 Å². The van der Waals surface area contributed by atoms with Crippen LogP contribution in [0.15, 0.2) is 6.20 Å². The molecule has 0 saturated heterocycles. The first-order chi connectivity index (χ1) is 8.16. The van der Waals surface area contributed by atoms with Gasteiger partial charge in [-0.15, -0.1) is 0 Å². The lowest BCUT2D eigenvalue weighted by atomic mass is 10.2. The summed E-state index contributed by atoms with van der Waals surface area (Å²) in [4.78, 5) is 10.9. The summed E-state index contributed by atoms with van der Waals surface area (Å²) in [6, 6.07) is 0. The monoisotopic (exact) mass is 239 g/mol. The minimum Gasteiger partial charge on any atom is -0.478 e. The number of unbranched alkanes of at least 4 members (excludes halogenated alkanes) is 3. The van der Waals surface area contributed by atoms with Crippen molar-refractivity contribution in [2.45, 2.75) is 39.2 Å². The maximum Gasteiger partial charge on any atom is 0.339 e. The van der Waals surface area contributed by atoms with E-state index in [1.54, 1.807) is 11.7 Å². The maximum atomic E-state index is 10.9. The Morgan fingerprint density at radius 1 is 1.47 bits per heavy atom. The van der Waals surface area contributed by atoms with Gasteiger partial charge in [-0.3, -0.25) is 4.68 Å². The Morgan fingerprint density at radius 3 is 2.88 bits per heavy atom. The van der Waals surface area contributed by atoms with Crippen LogP contribution >= 0.6 is 0 Å². The standard InChI is InChI=1S/C12H21N3O2/c1-3-4-5-6-7-13-9-11-10(12(16)17)8-14-15(11)2/h8,13H,3-7,9H2,1-2H3,(H,16,17). The van der Waals surface area contributed by atoms with Gasteiger partial charge >= 0.3 is 5.97 Å². The van der Waals surface area contributed by atoms with Crippen LogP contribution in [0.4, 0.5) is 0 Å². The van der Waals surface area contributed by atoms with Crippen LogP contribution in [0.2, 0.25) is 0 Å². The van der Waals surface area contributed by atoms with Gasteiger partial charge in [-0.05, 0) is 13.0 Å². The number of hydrogen-bond donors (Lipinski definition) is 2. The minimum absolute atomic E-state index is 0.286. The molecular formula is C12H21N3O2. The van der Waals surface area contributed by atoms with Crippen molar-refractivity contribution in [3.63, 3.8) is 0 Å². The fraction of sp³-hybridized carbons (Fsp3) is 0.667. The molecule has 17 heavy (non-hydrogen) atoms. The number of aromatic carboxylic acids is 1. The van der Waals surface area contributed by atoms with Crippen molar-refractivity contribution in [2.75, 3.05) is 6.54 Å². The fourth-order valence-electron chi connectivity index (χ4n) is 1.73. The van der Waals surface area contributed by atoms with Crippen molar-refractivity contribution in [3.05, 3.63) is 17.5 Å². The van der Waals surface area contributed by atoms with E-state index < -0.39 is 5.97 Å². The molecule has 0 saturated carbocycles. The second kappa shape index (κ2) is 7.06. The number of carboxylic acids is 1.